The van der Waals surface area contributed by atoms with Gasteiger partial charge in [0, 0.05) is 24.8 Å². The van der Waals surface area contributed by atoms with Crippen LogP contribution in [0, 0.1) is 22.7 Å². The van der Waals surface area contributed by atoms with E-state index in [1.54, 1.807) is 0 Å². The number of hydrogen-bond acceptors (Lipinski definition) is 5. The number of aliphatic hydroxyl groups is 2. The third kappa shape index (κ3) is 3.09. The van der Waals surface area contributed by atoms with Crippen molar-refractivity contribution in [3.63, 3.8) is 0 Å². The largest absolute Gasteiger partial charge is 0.455 e. The van der Waals surface area contributed by atoms with E-state index < -0.39 is 18.2 Å². The summed E-state index contributed by atoms with van der Waals surface area (Å²) in [6, 6.07) is 0. The molecule has 0 aromatic heterocycles. The quantitative estimate of drug-likeness (QED) is 0.740. The van der Waals surface area contributed by atoms with Crippen LogP contribution in [-0.4, -0.2) is 40.8 Å². The number of allylic oxidation sites excluding steroid dienone is 2. The zero-order valence-electron chi connectivity index (χ0n) is 17.0. The van der Waals surface area contributed by atoms with Crippen LogP contribution in [0.5, 0.6) is 0 Å². The van der Waals surface area contributed by atoms with Gasteiger partial charge in [-0.05, 0) is 47.2 Å². The van der Waals surface area contributed by atoms with Gasteiger partial charge in [-0.1, -0.05) is 33.8 Å². The Morgan fingerprint density at radius 1 is 1.30 bits per heavy atom. The third-order valence-electron chi connectivity index (χ3n) is 7.26. The van der Waals surface area contributed by atoms with E-state index in [-0.39, 0.29) is 35.1 Å². The highest BCUT2D eigenvalue weighted by atomic mass is 16.6. The number of aliphatic hydroxyl groups excluding tert-OH is 2. The highest BCUT2D eigenvalue weighted by Crippen LogP contribution is 2.60. The molecular formula is C22H32O5. The van der Waals surface area contributed by atoms with Crippen LogP contribution in [-0.2, 0) is 14.3 Å². The Kier molecular flexibility index (Phi) is 5.15. The normalized spacial score (nSPS) is 39.0. The summed E-state index contributed by atoms with van der Waals surface area (Å²) in [6.07, 6.45) is 3.45. The molecule has 150 valence electrons. The summed E-state index contributed by atoms with van der Waals surface area (Å²) in [5.41, 5.74) is 1.74. The summed E-state index contributed by atoms with van der Waals surface area (Å²) in [6.45, 7) is 9.57. The molecule has 0 unspecified atom stereocenters. The molecule has 0 aromatic carbocycles. The van der Waals surface area contributed by atoms with E-state index in [1.807, 2.05) is 6.08 Å². The first-order chi connectivity index (χ1) is 12.5. The number of ether oxygens (including phenoxy) is 1. The predicted octanol–water partition coefficient (Wildman–Crippen LogP) is 2.95. The van der Waals surface area contributed by atoms with E-state index in [1.165, 1.54) is 6.92 Å². The van der Waals surface area contributed by atoms with Gasteiger partial charge in [0.2, 0.25) is 0 Å². The standard InChI is InChI=1S/C22H32O5/c1-12(2)18-19(26)20(27-13(3)24)16-10-15-14(11-23)17(25)6-7-21(15,4)8-9-22(16,18)5/h10,12,18-20,23,26H,6-9,11H2,1-5H3/t18-,19+,20-,21-,22-/m0/s1. The van der Waals surface area contributed by atoms with Crippen molar-refractivity contribution in [3.8, 4) is 0 Å². The lowest BCUT2D eigenvalue weighted by molar-refractivity contribution is -0.149. The van der Waals surface area contributed by atoms with E-state index >= 15 is 0 Å². The maximum atomic E-state index is 12.4. The summed E-state index contributed by atoms with van der Waals surface area (Å²) in [5, 5.41) is 20.9. The van der Waals surface area contributed by atoms with Gasteiger partial charge in [0.05, 0.1) is 12.7 Å². The highest BCUT2D eigenvalue weighted by Gasteiger charge is 2.58. The minimum Gasteiger partial charge on any atom is -0.455 e. The molecule has 0 aliphatic heterocycles. The second-order valence-corrected chi connectivity index (χ2v) is 9.34. The Morgan fingerprint density at radius 3 is 2.52 bits per heavy atom. The predicted molar refractivity (Wildman–Crippen MR) is 102 cm³/mol. The van der Waals surface area contributed by atoms with Gasteiger partial charge in [-0.25, -0.2) is 0 Å². The highest BCUT2D eigenvalue weighted by molar-refractivity contribution is 5.98. The summed E-state index contributed by atoms with van der Waals surface area (Å²) >= 11 is 0. The average Bonchev–Trinajstić information content (AvgIpc) is 2.69. The van der Waals surface area contributed by atoms with Gasteiger partial charge in [0.25, 0.3) is 0 Å². The molecule has 0 radical (unpaired) electrons. The molecule has 0 amide bonds. The van der Waals surface area contributed by atoms with Gasteiger partial charge >= 0.3 is 5.97 Å². The summed E-state index contributed by atoms with van der Waals surface area (Å²) in [4.78, 5) is 24.2. The van der Waals surface area contributed by atoms with Gasteiger partial charge in [-0.15, -0.1) is 0 Å². The minimum atomic E-state index is -0.771. The molecule has 0 aromatic rings. The van der Waals surface area contributed by atoms with Crippen molar-refractivity contribution in [1.82, 2.24) is 0 Å². The molecule has 0 bridgehead atoms. The number of Topliss-reactive ketones (excluding diaryl/α,β-unsaturated/α-hetero) is 1. The van der Waals surface area contributed by atoms with Crippen molar-refractivity contribution in [2.24, 2.45) is 22.7 Å². The fourth-order valence-corrected chi connectivity index (χ4v) is 5.84. The van der Waals surface area contributed by atoms with Crippen molar-refractivity contribution < 1.29 is 24.5 Å². The topological polar surface area (TPSA) is 83.8 Å². The molecule has 5 heteroatoms. The van der Waals surface area contributed by atoms with Gasteiger partial charge in [0.1, 0.15) is 6.10 Å². The lowest BCUT2D eigenvalue weighted by Gasteiger charge is -2.38. The third-order valence-corrected chi connectivity index (χ3v) is 7.26. The molecule has 5 atom stereocenters. The maximum Gasteiger partial charge on any atom is 0.303 e. The summed E-state index contributed by atoms with van der Waals surface area (Å²) in [7, 11) is 0. The van der Waals surface area contributed by atoms with Crippen LogP contribution in [0.3, 0.4) is 0 Å². The molecule has 2 N–H and O–H groups in total. The number of carbonyl (C=O) groups excluding carboxylic acids is 2. The summed E-state index contributed by atoms with van der Waals surface area (Å²) < 4.78 is 5.58. The Hall–Kier alpha value is -1.46. The zero-order chi connectivity index (χ0) is 20.1. The van der Waals surface area contributed by atoms with E-state index in [0.717, 1.165) is 30.4 Å². The molecule has 3 aliphatic rings. The molecular weight excluding hydrogens is 344 g/mol. The second-order valence-electron chi connectivity index (χ2n) is 9.34. The molecule has 3 rings (SSSR count). The summed E-state index contributed by atoms with van der Waals surface area (Å²) in [5.74, 6) is -0.247. The van der Waals surface area contributed by atoms with Crippen LogP contribution in [0.15, 0.2) is 22.8 Å². The van der Waals surface area contributed by atoms with Crippen LogP contribution in [0.2, 0.25) is 0 Å². The number of carbonyl (C=O) groups is 2. The maximum absolute atomic E-state index is 12.4. The Balaban J connectivity index is 2.23. The van der Waals surface area contributed by atoms with Crippen LogP contribution in [0.4, 0.5) is 0 Å². The number of ketones is 1. The zero-order valence-corrected chi connectivity index (χ0v) is 17.0. The Bertz CT molecular complexity index is 718. The average molecular weight is 376 g/mol. The molecule has 5 nitrogen and oxygen atoms in total. The van der Waals surface area contributed by atoms with Gasteiger partial charge in [-0.2, -0.15) is 0 Å². The SMILES string of the molecule is CC(=O)O[C@H]1C2=CC3=C(CO)C(=O)CC[C@@]3(C)CC[C@]2(C)[C@@H](C(C)C)[C@H]1O. The first kappa shape index (κ1) is 20.3. The molecule has 1 saturated carbocycles. The van der Waals surface area contributed by atoms with Crippen molar-refractivity contribution >= 4 is 11.8 Å². The molecule has 3 aliphatic carbocycles. The number of fused-ring (bicyclic) bond motifs is 2. The molecule has 0 spiro atoms. The molecule has 0 saturated heterocycles. The number of rotatable bonds is 3. The smallest absolute Gasteiger partial charge is 0.303 e. The fraction of sp³-hybridized carbons (Fsp3) is 0.727. The van der Waals surface area contributed by atoms with Crippen LogP contribution in [0.1, 0.15) is 60.3 Å². The van der Waals surface area contributed by atoms with Crippen molar-refractivity contribution in [2.45, 2.75) is 72.5 Å². The van der Waals surface area contributed by atoms with Gasteiger partial charge < -0.3 is 14.9 Å². The van der Waals surface area contributed by atoms with Gasteiger partial charge in [0.15, 0.2) is 5.78 Å². The molecule has 27 heavy (non-hydrogen) atoms. The van der Waals surface area contributed by atoms with Crippen molar-refractivity contribution in [2.75, 3.05) is 6.61 Å². The number of esters is 1. The van der Waals surface area contributed by atoms with Crippen LogP contribution >= 0.6 is 0 Å². The second kappa shape index (κ2) is 6.85. The Labute approximate surface area is 161 Å². The molecule has 0 heterocycles. The monoisotopic (exact) mass is 376 g/mol. The Morgan fingerprint density at radius 2 is 1.96 bits per heavy atom. The van der Waals surface area contributed by atoms with E-state index in [4.69, 9.17) is 4.74 Å². The molecule has 1 fully saturated rings. The minimum absolute atomic E-state index is 0.00609. The fourth-order valence-electron chi connectivity index (χ4n) is 5.84. The van der Waals surface area contributed by atoms with Gasteiger partial charge in [-0.3, -0.25) is 9.59 Å². The first-order valence-electron chi connectivity index (χ1n) is 10.00. The van der Waals surface area contributed by atoms with Crippen molar-refractivity contribution in [1.29, 1.82) is 0 Å². The van der Waals surface area contributed by atoms with E-state index in [9.17, 15) is 19.8 Å². The van der Waals surface area contributed by atoms with E-state index in [2.05, 4.69) is 27.7 Å². The van der Waals surface area contributed by atoms with Crippen LogP contribution < -0.4 is 0 Å². The lowest BCUT2D eigenvalue weighted by Crippen LogP contribution is -2.36. The van der Waals surface area contributed by atoms with Crippen LogP contribution in [0.25, 0.3) is 0 Å². The first-order valence-corrected chi connectivity index (χ1v) is 10.00. The van der Waals surface area contributed by atoms with E-state index in [0.29, 0.717) is 12.0 Å². The number of hydrogen-bond donors (Lipinski definition) is 2. The lowest BCUT2D eigenvalue weighted by atomic mass is 9.65. The van der Waals surface area contributed by atoms with Crippen molar-refractivity contribution in [3.05, 3.63) is 22.8 Å².